The molecule has 348 valence electrons. The number of fused-ring (bicyclic) bond motifs is 1. The van der Waals surface area contributed by atoms with E-state index in [2.05, 4.69) is 41.9 Å². The van der Waals surface area contributed by atoms with Crippen molar-refractivity contribution in [2.24, 2.45) is 0 Å². The standard InChI is InChI=1S/C48H53Cl2N7O8S/c49-35-3-1-32(2-4-35)40-15-24-63-23-14-34(40)31-54-17-19-55(20-18-54)38-9-11-41(46(28-38)65-47-27-33-13-16-51-44(33)30-42(47)50)48(58)53-66(61,62)39-10-12-43(45(29-39)57(59)60)52-36-5-7-37(8-6-36)56-21-25-64-26-22-56/h1-4,9-13,16,27-30,36-37,51-52H,5-8,14-15,17-26,31H2,(H,53,58)/t36-,37-. The van der Waals surface area contributed by atoms with Crippen LogP contribution in [0.5, 0.6) is 11.5 Å². The number of piperazine rings is 1. The van der Waals surface area contributed by atoms with Gasteiger partial charge in [0.1, 0.15) is 17.2 Å². The minimum absolute atomic E-state index is 0.00629. The zero-order valence-corrected chi connectivity index (χ0v) is 38.8. The molecule has 2 saturated heterocycles. The van der Waals surface area contributed by atoms with Crippen LogP contribution in [0.4, 0.5) is 17.1 Å². The van der Waals surface area contributed by atoms with E-state index in [9.17, 15) is 23.3 Å². The van der Waals surface area contributed by atoms with E-state index in [1.165, 1.54) is 34.9 Å². The van der Waals surface area contributed by atoms with E-state index in [0.717, 1.165) is 107 Å². The highest BCUT2D eigenvalue weighted by molar-refractivity contribution is 7.90. The van der Waals surface area contributed by atoms with Gasteiger partial charge in [-0.15, -0.1) is 0 Å². The van der Waals surface area contributed by atoms with Gasteiger partial charge in [0.05, 0.1) is 46.8 Å². The Bertz CT molecular complexity index is 2710. The number of amides is 1. The van der Waals surface area contributed by atoms with E-state index >= 15 is 0 Å². The van der Waals surface area contributed by atoms with Crippen molar-refractivity contribution in [2.45, 2.75) is 55.5 Å². The molecule has 1 amide bonds. The summed E-state index contributed by atoms with van der Waals surface area (Å²) >= 11 is 12.9. The van der Waals surface area contributed by atoms with Crippen LogP contribution >= 0.6 is 23.2 Å². The zero-order chi connectivity index (χ0) is 45.8. The fraction of sp³-hybridized carbons (Fsp3) is 0.396. The van der Waals surface area contributed by atoms with E-state index in [1.807, 2.05) is 18.2 Å². The van der Waals surface area contributed by atoms with Crippen LogP contribution < -0.4 is 19.7 Å². The number of sulfonamides is 1. The van der Waals surface area contributed by atoms with Gasteiger partial charge in [-0.25, -0.2) is 13.1 Å². The fourth-order valence-corrected chi connectivity index (χ4v) is 10.9. The monoisotopic (exact) mass is 957 g/mol. The molecule has 3 fully saturated rings. The number of anilines is 2. The summed E-state index contributed by atoms with van der Waals surface area (Å²) in [5, 5.41) is 17.4. The van der Waals surface area contributed by atoms with Crippen LogP contribution in [0.25, 0.3) is 16.5 Å². The summed E-state index contributed by atoms with van der Waals surface area (Å²) in [6.45, 7) is 8.37. The Morgan fingerprint density at radius 1 is 0.833 bits per heavy atom. The maximum absolute atomic E-state index is 14.1. The molecule has 4 heterocycles. The van der Waals surface area contributed by atoms with Crippen molar-refractivity contribution in [3.63, 3.8) is 0 Å². The molecular weight excluding hydrogens is 906 g/mol. The molecule has 1 aliphatic carbocycles. The van der Waals surface area contributed by atoms with Crippen LogP contribution in [0.15, 0.2) is 95.5 Å². The molecule has 15 nitrogen and oxygen atoms in total. The highest BCUT2D eigenvalue weighted by Crippen LogP contribution is 2.38. The number of carbonyl (C=O) groups excluding carboxylic acids is 1. The average molecular weight is 959 g/mol. The first-order valence-electron chi connectivity index (χ1n) is 22.5. The minimum atomic E-state index is -4.59. The topological polar surface area (TPSA) is 172 Å². The Morgan fingerprint density at radius 3 is 2.33 bits per heavy atom. The van der Waals surface area contributed by atoms with Gasteiger partial charge in [-0.1, -0.05) is 40.9 Å². The number of morpholine rings is 1. The molecule has 1 aromatic heterocycles. The number of benzene rings is 4. The van der Waals surface area contributed by atoms with Gasteiger partial charge in [0.15, 0.2) is 0 Å². The van der Waals surface area contributed by atoms with Crippen LogP contribution in [0.1, 0.15) is 54.4 Å². The van der Waals surface area contributed by atoms with Gasteiger partial charge in [-0.2, -0.15) is 0 Å². The number of nitro groups is 1. The number of ether oxygens (including phenoxy) is 3. The lowest BCUT2D eigenvalue weighted by Gasteiger charge is -2.39. The minimum Gasteiger partial charge on any atom is -0.455 e. The Hall–Kier alpha value is -5.20. The summed E-state index contributed by atoms with van der Waals surface area (Å²) in [5.41, 5.74) is 5.17. The fourth-order valence-electron chi connectivity index (χ4n) is 9.57. The molecule has 5 aromatic rings. The summed E-state index contributed by atoms with van der Waals surface area (Å²) in [6.07, 6.45) is 7.00. The van der Waals surface area contributed by atoms with Gasteiger partial charge < -0.3 is 29.4 Å². The number of carbonyl (C=O) groups is 1. The number of nitro benzene ring substituents is 1. The quantitative estimate of drug-likeness (QED) is 0.0759. The first-order valence-corrected chi connectivity index (χ1v) is 24.8. The van der Waals surface area contributed by atoms with Crippen LogP contribution in [-0.2, 0) is 19.5 Å². The lowest BCUT2D eigenvalue weighted by molar-refractivity contribution is -0.384. The largest absolute Gasteiger partial charge is 0.455 e. The third-order valence-electron chi connectivity index (χ3n) is 13.2. The zero-order valence-electron chi connectivity index (χ0n) is 36.5. The molecule has 0 unspecified atom stereocenters. The highest BCUT2D eigenvalue weighted by atomic mass is 35.5. The molecule has 1 saturated carbocycles. The van der Waals surface area contributed by atoms with Crippen LogP contribution in [0.2, 0.25) is 10.0 Å². The molecule has 0 atom stereocenters. The number of nitrogens with one attached hydrogen (secondary N) is 3. The summed E-state index contributed by atoms with van der Waals surface area (Å²) in [7, 11) is -4.59. The van der Waals surface area contributed by atoms with Crippen molar-refractivity contribution >= 4 is 72.7 Å². The van der Waals surface area contributed by atoms with Crippen LogP contribution in [0.3, 0.4) is 0 Å². The Kier molecular flexibility index (Phi) is 14.2. The summed E-state index contributed by atoms with van der Waals surface area (Å²) in [5.74, 6) is -0.614. The van der Waals surface area contributed by atoms with E-state index in [-0.39, 0.29) is 33.8 Å². The summed E-state index contributed by atoms with van der Waals surface area (Å²) < 4.78 is 47.6. The maximum Gasteiger partial charge on any atom is 0.293 e. The van der Waals surface area contributed by atoms with Gasteiger partial charge in [0.25, 0.3) is 21.6 Å². The molecule has 66 heavy (non-hydrogen) atoms. The Labute approximate surface area is 394 Å². The number of hydrogen-bond donors (Lipinski definition) is 3. The van der Waals surface area contributed by atoms with Crippen molar-refractivity contribution in [3.8, 4) is 11.5 Å². The van der Waals surface area contributed by atoms with Gasteiger partial charge in [0.2, 0.25) is 0 Å². The number of aromatic amines is 1. The van der Waals surface area contributed by atoms with Crippen LogP contribution in [-0.4, -0.2) is 118 Å². The molecule has 0 bridgehead atoms. The predicted molar refractivity (Wildman–Crippen MR) is 257 cm³/mol. The molecule has 3 N–H and O–H groups in total. The lowest BCUT2D eigenvalue weighted by Crippen LogP contribution is -2.47. The molecule has 4 aliphatic rings. The van der Waals surface area contributed by atoms with Gasteiger partial charge >= 0.3 is 0 Å². The third kappa shape index (κ3) is 10.7. The van der Waals surface area contributed by atoms with E-state index in [4.69, 9.17) is 37.4 Å². The van der Waals surface area contributed by atoms with E-state index in [0.29, 0.717) is 37.4 Å². The molecule has 0 radical (unpaired) electrons. The van der Waals surface area contributed by atoms with Gasteiger partial charge in [0, 0.05) is 97.8 Å². The molecule has 0 spiro atoms. The molecule has 18 heteroatoms. The molecule has 4 aromatic carbocycles. The second-order valence-corrected chi connectivity index (χ2v) is 19.8. The van der Waals surface area contributed by atoms with Crippen molar-refractivity contribution in [1.29, 1.82) is 0 Å². The lowest BCUT2D eigenvalue weighted by atomic mass is 9.89. The van der Waals surface area contributed by atoms with E-state index < -0.39 is 31.4 Å². The SMILES string of the molecule is O=C(NS(=O)(=O)c1ccc(N[C@H]2CC[C@H](N3CCOCC3)CC2)c([N+](=O)[O-])c1)c1ccc(N2CCN(CC3=C(c4ccc(Cl)cc4)CCOCC3)CC2)cc1Oc1cc2cc[nH]c2cc1Cl. The number of hydrogen-bond acceptors (Lipinski definition) is 12. The predicted octanol–water partition coefficient (Wildman–Crippen LogP) is 8.74. The number of halogens is 2. The second kappa shape index (κ2) is 20.3. The van der Waals surface area contributed by atoms with Crippen molar-refractivity contribution in [1.82, 2.24) is 19.5 Å². The van der Waals surface area contributed by atoms with Crippen molar-refractivity contribution in [2.75, 3.05) is 82.5 Å². The van der Waals surface area contributed by atoms with E-state index in [1.54, 1.807) is 30.5 Å². The molecule has 9 rings (SSSR count). The van der Waals surface area contributed by atoms with Crippen molar-refractivity contribution in [3.05, 3.63) is 122 Å². The van der Waals surface area contributed by atoms with Crippen molar-refractivity contribution < 1.29 is 32.3 Å². The summed E-state index contributed by atoms with van der Waals surface area (Å²) in [4.78, 5) is 35.6. The van der Waals surface area contributed by atoms with Crippen LogP contribution in [0, 0.1) is 10.1 Å². The first-order chi connectivity index (χ1) is 32.0. The average Bonchev–Trinajstić information content (AvgIpc) is 3.65. The highest BCUT2D eigenvalue weighted by Gasteiger charge is 2.31. The Morgan fingerprint density at radius 2 is 1.58 bits per heavy atom. The first kappa shape index (κ1) is 45.9. The number of nitrogens with zero attached hydrogens (tertiary/aromatic N) is 4. The molecular formula is C48H53Cl2N7O8S. The number of aromatic nitrogens is 1. The van der Waals surface area contributed by atoms with Gasteiger partial charge in [-0.3, -0.25) is 24.7 Å². The normalized spacial score (nSPS) is 20.2. The third-order valence-corrected chi connectivity index (χ3v) is 15.0. The number of rotatable bonds is 13. The smallest absolute Gasteiger partial charge is 0.293 e. The van der Waals surface area contributed by atoms with Gasteiger partial charge in [-0.05, 0) is 104 Å². The Balaban J connectivity index is 0.915. The summed E-state index contributed by atoms with van der Waals surface area (Å²) in [6, 6.07) is 22.4. The maximum atomic E-state index is 14.1. The second-order valence-electron chi connectivity index (χ2n) is 17.3. The molecule has 3 aliphatic heterocycles. The number of H-pyrrole nitrogens is 1.